The molecule has 0 aliphatic rings. The van der Waals surface area contributed by atoms with Crippen LogP contribution in [0.4, 0.5) is 0 Å². The van der Waals surface area contributed by atoms with Crippen molar-refractivity contribution in [3.63, 3.8) is 0 Å². The van der Waals surface area contributed by atoms with E-state index in [0.29, 0.717) is 0 Å². The second-order valence-electron chi connectivity index (χ2n) is 1.82. The van der Waals surface area contributed by atoms with Crippen LogP contribution in [-0.4, -0.2) is 30.4 Å². The minimum atomic E-state index is -0.885. The van der Waals surface area contributed by atoms with E-state index in [-0.39, 0.29) is 13.2 Å². The number of rotatable bonds is 5. The lowest BCUT2D eigenvalue weighted by molar-refractivity contribution is -0.141. The molecule has 0 aromatic carbocycles. The summed E-state index contributed by atoms with van der Waals surface area (Å²) in [4.78, 5) is 10.4. The molecule has 0 aromatic heterocycles. The van der Waals surface area contributed by atoms with Crippen LogP contribution in [-0.2, 0) is 14.3 Å². The average molecular weight is 158 g/mol. The number of aliphatic hydroxyl groups excluding tert-OH is 1. The highest BCUT2D eigenvalue weighted by Crippen LogP contribution is 1.87. The van der Waals surface area contributed by atoms with Crippen molar-refractivity contribution in [3.05, 3.63) is 19.8 Å². The van der Waals surface area contributed by atoms with Gasteiger partial charge in [0.1, 0.15) is 19.8 Å². The molecule has 0 saturated heterocycles. The van der Waals surface area contributed by atoms with E-state index in [9.17, 15) is 4.79 Å². The second kappa shape index (κ2) is 5.88. The molecule has 1 unspecified atom stereocenters. The van der Waals surface area contributed by atoms with Crippen LogP contribution in [0.3, 0.4) is 0 Å². The number of esters is 1. The summed E-state index contributed by atoms with van der Waals surface area (Å²) < 4.78 is 8.57. The summed E-state index contributed by atoms with van der Waals surface area (Å²) in [6.45, 7) is 2.97. The van der Waals surface area contributed by atoms with Gasteiger partial charge in [0.05, 0.1) is 6.61 Å². The topological polar surface area (TPSA) is 55.8 Å². The molecular formula is C7H10O4. The Hall–Kier alpha value is -0.870. The number of carbonyl (C=O) groups is 1. The van der Waals surface area contributed by atoms with Gasteiger partial charge >= 0.3 is 5.97 Å². The Balaban J connectivity index is 3.37. The lowest BCUT2D eigenvalue weighted by Gasteiger charge is -2.07. The van der Waals surface area contributed by atoms with Crippen molar-refractivity contribution in [1.29, 1.82) is 0 Å². The Morgan fingerprint density at radius 1 is 1.73 bits per heavy atom. The number of hydrogen-bond acceptors (Lipinski definition) is 4. The SMILES string of the molecule is [CH]OCC(O)COC(=O)C=C. The molecule has 0 bridgehead atoms. The molecule has 0 rings (SSSR count). The van der Waals surface area contributed by atoms with Gasteiger partial charge in [-0.15, -0.1) is 0 Å². The van der Waals surface area contributed by atoms with Gasteiger partial charge in [0.25, 0.3) is 0 Å². The normalized spacial score (nSPS) is 12.2. The van der Waals surface area contributed by atoms with Crippen molar-refractivity contribution in [2.75, 3.05) is 13.2 Å². The highest BCUT2D eigenvalue weighted by atomic mass is 16.5. The minimum Gasteiger partial charge on any atom is -0.460 e. The summed E-state index contributed by atoms with van der Waals surface area (Å²) in [6.07, 6.45) is 0.125. The van der Waals surface area contributed by atoms with Gasteiger partial charge in [0.2, 0.25) is 0 Å². The zero-order valence-corrected chi connectivity index (χ0v) is 6.03. The van der Waals surface area contributed by atoms with Crippen molar-refractivity contribution in [1.82, 2.24) is 0 Å². The van der Waals surface area contributed by atoms with Crippen LogP contribution < -0.4 is 0 Å². The van der Waals surface area contributed by atoms with E-state index < -0.39 is 12.1 Å². The maximum Gasteiger partial charge on any atom is 0.330 e. The molecule has 0 aromatic rings. The minimum absolute atomic E-state index is 0.0651. The largest absolute Gasteiger partial charge is 0.460 e. The highest BCUT2D eigenvalue weighted by molar-refractivity contribution is 5.81. The first-order valence-corrected chi connectivity index (χ1v) is 2.99. The van der Waals surface area contributed by atoms with Crippen LogP contribution in [0.2, 0.25) is 0 Å². The Labute approximate surface area is 65.4 Å². The zero-order valence-electron chi connectivity index (χ0n) is 6.03. The summed E-state index contributed by atoms with van der Waals surface area (Å²) >= 11 is 0. The van der Waals surface area contributed by atoms with E-state index in [0.717, 1.165) is 6.08 Å². The van der Waals surface area contributed by atoms with Crippen LogP contribution in [0.25, 0.3) is 0 Å². The molecule has 4 heteroatoms. The number of carbonyl (C=O) groups excluding carboxylic acids is 1. The maximum absolute atomic E-state index is 10.4. The second-order valence-corrected chi connectivity index (χ2v) is 1.82. The van der Waals surface area contributed by atoms with Crippen LogP contribution in [0.1, 0.15) is 0 Å². The lowest BCUT2D eigenvalue weighted by atomic mass is 10.4. The molecule has 62 valence electrons. The standard InChI is InChI=1S/C7H10O4/c1-3-7(9)11-5-6(8)4-10-2/h2-3,6,8H,1,4-5H2. The molecule has 0 spiro atoms. The molecule has 1 atom stereocenters. The van der Waals surface area contributed by atoms with Gasteiger partial charge in [0, 0.05) is 6.08 Å². The predicted molar refractivity (Wildman–Crippen MR) is 37.4 cm³/mol. The van der Waals surface area contributed by atoms with E-state index in [1.807, 2.05) is 0 Å². The summed E-state index contributed by atoms with van der Waals surface area (Å²) in [5.41, 5.74) is 0. The Morgan fingerprint density at radius 3 is 2.82 bits per heavy atom. The van der Waals surface area contributed by atoms with Gasteiger partial charge in [-0.3, -0.25) is 0 Å². The fraction of sp³-hybridized carbons (Fsp3) is 0.429. The molecule has 0 saturated carbocycles. The smallest absolute Gasteiger partial charge is 0.330 e. The highest BCUT2D eigenvalue weighted by Gasteiger charge is 2.05. The zero-order chi connectivity index (χ0) is 8.69. The molecule has 0 aliphatic heterocycles. The van der Waals surface area contributed by atoms with Crippen LogP contribution in [0, 0.1) is 7.11 Å². The van der Waals surface area contributed by atoms with E-state index in [1.54, 1.807) is 0 Å². The van der Waals surface area contributed by atoms with Gasteiger partial charge in [-0.05, 0) is 0 Å². The van der Waals surface area contributed by atoms with E-state index >= 15 is 0 Å². The van der Waals surface area contributed by atoms with Gasteiger partial charge in [-0.25, -0.2) is 4.79 Å². The molecule has 1 N–H and O–H groups in total. The average Bonchev–Trinajstić information content (AvgIpc) is 2.01. The fourth-order valence-electron chi connectivity index (χ4n) is 0.396. The van der Waals surface area contributed by atoms with Crippen molar-refractivity contribution in [2.24, 2.45) is 0 Å². The summed E-state index contributed by atoms with van der Waals surface area (Å²) in [7, 11) is 4.65. The van der Waals surface area contributed by atoms with Crippen molar-refractivity contribution in [3.8, 4) is 0 Å². The number of ether oxygens (including phenoxy) is 2. The molecular weight excluding hydrogens is 148 g/mol. The number of hydrogen-bond donors (Lipinski definition) is 1. The fourth-order valence-corrected chi connectivity index (χ4v) is 0.396. The summed E-state index contributed by atoms with van der Waals surface area (Å²) in [6, 6.07) is 0. The van der Waals surface area contributed by atoms with Crippen LogP contribution >= 0.6 is 0 Å². The first-order valence-electron chi connectivity index (χ1n) is 2.99. The first kappa shape index (κ1) is 10.1. The Bertz CT molecular complexity index is 132. The van der Waals surface area contributed by atoms with Gasteiger partial charge in [-0.1, -0.05) is 6.58 Å². The molecule has 0 heterocycles. The van der Waals surface area contributed by atoms with Crippen molar-refractivity contribution in [2.45, 2.75) is 6.10 Å². The van der Waals surface area contributed by atoms with Crippen LogP contribution in [0.5, 0.6) is 0 Å². The quantitative estimate of drug-likeness (QED) is 0.443. The maximum atomic E-state index is 10.4. The van der Waals surface area contributed by atoms with Gasteiger partial charge < -0.3 is 14.6 Å². The third-order valence-corrected chi connectivity index (χ3v) is 0.873. The molecule has 4 nitrogen and oxygen atoms in total. The molecule has 0 aliphatic carbocycles. The molecule has 11 heavy (non-hydrogen) atoms. The monoisotopic (exact) mass is 158 g/mol. The van der Waals surface area contributed by atoms with E-state index in [2.05, 4.69) is 23.2 Å². The Kier molecular flexibility index (Phi) is 5.42. The summed E-state index contributed by atoms with van der Waals surface area (Å²) in [5.74, 6) is -0.582. The molecule has 2 radical (unpaired) electrons. The Morgan fingerprint density at radius 2 is 2.36 bits per heavy atom. The first-order chi connectivity index (χ1) is 5.20. The lowest BCUT2D eigenvalue weighted by Crippen LogP contribution is -2.21. The third-order valence-electron chi connectivity index (χ3n) is 0.873. The van der Waals surface area contributed by atoms with Gasteiger partial charge in [-0.2, -0.15) is 0 Å². The predicted octanol–water partition coefficient (Wildman–Crippen LogP) is -0.238. The molecule has 0 fully saturated rings. The van der Waals surface area contributed by atoms with E-state index in [4.69, 9.17) is 5.11 Å². The number of aliphatic hydroxyl groups is 1. The van der Waals surface area contributed by atoms with Crippen molar-refractivity contribution >= 4 is 5.97 Å². The van der Waals surface area contributed by atoms with Gasteiger partial charge in [0.15, 0.2) is 0 Å². The van der Waals surface area contributed by atoms with Crippen molar-refractivity contribution < 1.29 is 19.4 Å². The van der Waals surface area contributed by atoms with Crippen LogP contribution in [0.15, 0.2) is 12.7 Å². The van der Waals surface area contributed by atoms with E-state index in [1.165, 1.54) is 0 Å². The summed E-state index contributed by atoms with van der Waals surface area (Å²) in [5, 5.41) is 8.88. The molecule has 0 amide bonds. The third kappa shape index (κ3) is 5.57.